The number of nitrogens with zero attached hydrogens (tertiary/aromatic N) is 2. The van der Waals surface area contributed by atoms with E-state index in [1.54, 1.807) is 0 Å². The summed E-state index contributed by atoms with van der Waals surface area (Å²) in [5.41, 5.74) is 7.55. The normalized spacial score (nSPS) is 12.9. The highest BCUT2D eigenvalue weighted by atomic mass is 79.9. The van der Waals surface area contributed by atoms with Crippen molar-refractivity contribution in [1.82, 2.24) is 9.97 Å². The molecule has 0 unspecified atom stereocenters. The van der Waals surface area contributed by atoms with E-state index in [-0.39, 0.29) is 11.8 Å². The summed E-state index contributed by atoms with van der Waals surface area (Å²) in [7, 11) is 0. The van der Waals surface area contributed by atoms with Crippen LogP contribution in [0, 0.1) is 5.82 Å². The van der Waals surface area contributed by atoms with Crippen LogP contribution in [-0.4, -0.2) is 16.6 Å². The Balaban J connectivity index is 1.84. The van der Waals surface area contributed by atoms with Crippen molar-refractivity contribution in [2.75, 3.05) is 17.7 Å². The molecule has 0 bridgehead atoms. The number of hydrogen-bond donors (Lipinski definition) is 2. The molecule has 0 atom stereocenters. The molecule has 20 heavy (non-hydrogen) atoms. The summed E-state index contributed by atoms with van der Waals surface area (Å²) in [5, 5.41) is 2.92. The van der Waals surface area contributed by atoms with Gasteiger partial charge in [-0.15, -0.1) is 0 Å². The van der Waals surface area contributed by atoms with Crippen LogP contribution in [0.15, 0.2) is 22.8 Å². The molecule has 0 spiro atoms. The van der Waals surface area contributed by atoms with E-state index in [2.05, 4.69) is 31.2 Å². The van der Waals surface area contributed by atoms with Gasteiger partial charge in [0.05, 0.1) is 12.8 Å². The largest absolute Gasteiger partial charge is 0.493 e. The van der Waals surface area contributed by atoms with E-state index in [9.17, 15) is 4.39 Å². The first-order chi connectivity index (χ1) is 9.63. The van der Waals surface area contributed by atoms with Crippen molar-refractivity contribution in [3.8, 4) is 5.75 Å². The van der Waals surface area contributed by atoms with Gasteiger partial charge in [0, 0.05) is 23.0 Å². The third-order valence-corrected chi connectivity index (χ3v) is 3.49. The molecule has 1 aliphatic heterocycles. The SMILES string of the molecule is Nc1ncc(F)c(NCc2cc(Br)cc3c2OCC3)n1. The number of nitrogens with one attached hydrogen (secondary N) is 1. The van der Waals surface area contributed by atoms with E-state index >= 15 is 0 Å². The molecule has 1 aromatic carbocycles. The lowest BCUT2D eigenvalue weighted by Gasteiger charge is -2.11. The zero-order valence-corrected chi connectivity index (χ0v) is 12.1. The van der Waals surface area contributed by atoms with E-state index in [4.69, 9.17) is 10.5 Å². The highest BCUT2D eigenvalue weighted by Gasteiger charge is 2.17. The van der Waals surface area contributed by atoms with E-state index in [0.29, 0.717) is 13.2 Å². The lowest BCUT2D eigenvalue weighted by Crippen LogP contribution is -2.07. The number of halogens is 2. The third-order valence-electron chi connectivity index (χ3n) is 3.03. The second kappa shape index (κ2) is 5.24. The van der Waals surface area contributed by atoms with Crippen LogP contribution in [0.2, 0.25) is 0 Å². The quantitative estimate of drug-likeness (QED) is 0.899. The minimum atomic E-state index is -0.535. The van der Waals surface area contributed by atoms with Gasteiger partial charge in [0.25, 0.3) is 0 Å². The first-order valence-electron chi connectivity index (χ1n) is 6.09. The maximum absolute atomic E-state index is 13.5. The molecular formula is C13H12BrFN4O. The van der Waals surface area contributed by atoms with E-state index in [0.717, 1.165) is 34.0 Å². The fourth-order valence-corrected chi connectivity index (χ4v) is 2.71. The predicted octanol–water partition coefficient (Wildman–Crippen LogP) is 2.51. The van der Waals surface area contributed by atoms with Crippen molar-refractivity contribution in [1.29, 1.82) is 0 Å². The van der Waals surface area contributed by atoms with Crippen LogP contribution in [0.4, 0.5) is 16.2 Å². The summed E-state index contributed by atoms with van der Waals surface area (Å²) in [6.45, 7) is 1.07. The van der Waals surface area contributed by atoms with Crippen molar-refractivity contribution in [2.24, 2.45) is 0 Å². The summed E-state index contributed by atoms with van der Waals surface area (Å²) in [6.07, 6.45) is 1.93. The smallest absolute Gasteiger partial charge is 0.222 e. The molecular weight excluding hydrogens is 327 g/mol. The lowest BCUT2D eigenvalue weighted by molar-refractivity contribution is 0.354. The van der Waals surface area contributed by atoms with Crippen LogP contribution in [0.3, 0.4) is 0 Å². The Morgan fingerprint density at radius 3 is 3.15 bits per heavy atom. The molecule has 0 fully saturated rings. The Hall–Kier alpha value is -1.89. The number of nitrogen functional groups attached to an aromatic ring is 1. The molecule has 0 aliphatic carbocycles. The van der Waals surface area contributed by atoms with Crippen LogP contribution in [0.25, 0.3) is 0 Å². The zero-order valence-electron chi connectivity index (χ0n) is 10.5. The second-order valence-electron chi connectivity index (χ2n) is 4.43. The first kappa shape index (κ1) is 13.1. The summed E-state index contributed by atoms with van der Waals surface area (Å²) in [5.74, 6) is 0.448. The Morgan fingerprint density at radius 1 is 1.45 bits per heavy atom. The molecule has 0 saturated heterocycles. The first-order valence-corrected chi connectivity index (χ1v) is 6.89. The van der Waals surface area contributed by atoms with Crippen molar-refractivity contribution in [3.05, 3.63) is 39.7 Å². The van der Waals surface area contributed by atoms with Crippen LogP contribution in [-0.2, 0) is 13.0 Å². The molecule has 2 heterocycles. The average molecular weight is 339 g/mol. The van der Waals surface area contributed by atoms with E-state index in [1.807, 2.05) is 12.1 Å². The molecule has 1 aliphatic rings. The Morgan fingerprint density at radius 2 is 2.30 bits per heavy atom. The number of ether oxygens (including phenoxy) is 1. The summed E-state index contributed by atoms with van der Waals surface area (Å²) >= 11 is 3.47. The van der Waals surface area contributed by atoms with Crippen molar-refractivity contribution < 1.29 is 9.13 Å². The number of fused-ring (bicyclic) bond motifs is 1. The maximum Gasteiger partial charge on any atom is 0.222 e. The lowest BCUT2D eigenvalue weighted by atomic mass is 10.1. The number of nitrogens with two attached hydrogens (primary N) is 1. The molecule has 0 radical (unpaired) electrons. The van der Waals surface area contributed by atoms with E-state index in [1.165, 1.54) is 0 Å². The average Bonchev–Trinajstić information content (AvgIpc) is 2.87. The summed E-state index contributed by atoms with van der Waals surface area (Å²) in [4.78, 5) is 7.42. The van der Waals surface area contributed by atoms with Gasteiger partial charge in [0.2, 0.25) is 5.95 Å². The highest BCUT2D eigenvalue weighted by molar-refractivity contribution is 9.10. The highest BCUT2D eigenvalue weighted by Crippen LogP contribution is 2.33. The minimum absolute atomic E-state index is 0.0321. The van der Waals surface area contributed by atoms with Crippen LogP contribution < -0.4 is 15.8 Å². The van der Waals surface area contributed by atoms with Crippen molar-refractivity contribution in [3.63, 3.8) is 0 Å². The fourth-order valence-electron chi connectivity index (χ4n) is 2.16. The van der Waals surface area contributed by atoms with Gasteiger partial charge in [-0.1, -0.05) is 15.9 Å². The van der Waals surface area contributed by atoms with Gasteiger partial charge in [-0.05, 0) is 17.7 Å². The van der Waals surface area contributed by atoms with Gasteiger partial charge in [0.1, 0.15) is 5.75 Å². The van der Waals surface area contributed by atoms with Crippen LogP contribution >= 0.6 is 15.9 Å². The monoisotopic (exact) mass is 338 g/mol. The molecule has 2 aromatic rings. The van der Waals surface area contributed by atoms with Gasteiger partial charge in [-0.3, -0.25) is 0 Å². The van der Waals surface area contributed by atoms with E-state index < -0.39 is 5.82 Å². The zero-order chi connectivity index (χ0) is 14.1. The fraction of sp³-hybridized carbons (Fsp3) is 0.231. The molecule has 5 nitrogen and oxygen atoms in total. The molecule has 7 heteroatoms. The Labute approximate surface area is 123 Å². The van der Waals surface area contributed by atoms with Crippen LogP contribution in [0.1, 0.15) is 11.1 Å². The van der Waals surface area contributed by atoms with Gasteiger partial charge < -0.3 is 15.8 Å². The Bertz CT molecular complexity index is 665. The number of anilines is 2. The summed E-state index contributed by atoms with van der Waals surface area (Å²) in [6, 6.07) is 3.98. The number of rotatable bonds is 3. The maximum atomic E-state index is 13.5. The van der Waals surface area contributed by atoms with Crippen molar-refractivity contribution in [2.45, 2.75) is 13.0 Å². The standard InChI is InChI=1S/C13H12BrFN4O/c14-9-3-7-1-2-20-11(7)8(4-9)5-17-12-10(15)6-18-13(16)19-12/h3-4,6H,1-2,5H2,(H3,16,17,18,19). The summed E-state index contributed by atoms with van der Waals surface area (Å²) < 4.78 is 20.1. The van der Waals surface area contributed by atoms with Gasteiger partial charge >= 0.3 is 0 Å². The van der Waals surface area contributed by atoms with Gasteiger partial charge in [0.15, 0.2) is 11.6 Å². The van der Waals surface area contributed by atoms with Crippen molar-refractivity contribution >= 4 is 27.7 Å². The molecule has 0 amide bonds. The Kier molecular flexibility index (Phi) is 3.43. The third kappa shape index (κ3) is 2.53. The van der Waals surface area contributed by atoms with Crippen LogP contribution in [0.5, 0.6) is 5.75 Å². The molecule has 0 saturated carbocycles. The number of hydrogen-bond acceptors (Lipinski definition) is 5. The molecule has 104 valence electrons. The second-order valence-corrected chi connectivity index (χ2v) is 5.35. The number of benzene rings is 1. The molecule has 3 N–H and O–H groups in total. The molecule has 1 aromatic heterocycles. The van der Waals surface area contributed by atoms with Gasteiger partial charge in [-0.2, -0.15) is 4.98 Å². The molecule has 3 rings (SSSR count). The minimum Gasteiger partial charge on any atom is -0.493 e. The topological polar surface area (TPSA) is 73.1 Å². The number of aromatic nitrogens is 2. The van der Waals surface area contributed by atoms with Gasteiger partial charge in [-0.25, -0.2) is 9.37 Å². The predicted molar refractivity (Wildman–Crippen MR) is 77.1 cm³/mol.